The maximum absolute atomic E-state index is 11.6. The second-order valence-corrected chi connectivity index (χ2v) is 5.17. The summed E-state index contributed by atoms with van der Waals surface area (Å²) in [4.78, 5) is 11.6. The van der Waals surface area contributed by atoms with E-state index in [2.05, 4.69) is 13.8 Å². The van der Waals surface area contributed by atoms with E-state index < -0.39 is 5.54 Å². The molecule has 1 fully saturated rings. The van der Waals surface area contributed by atoms with Gasteiger partial charge < -0.3 is 10.5 Å². The van der Waals surface area contributed by atoms with Crippen molar-refractivity contribution < 1.29 is 9.53 Å². The van der Waals surface area contributed by atoms with E-state index in [0.29, 0.717) is 11.8 Å². The third kappa shape index (κ3) is 2.98. The number of rotatable bonds is 4. The van der Waals surface area contributed by atoms with Crippen LogP contribution in [0.1, 0.15) is 40.5 Å². The van der Waals surface area contributed by atoms with Gasteiger partial charge in [-0.25, -0.2) is 0 Å². The molecule has 0 saturated heterocycles. The highest BCUT2D eigenvalue weighted by atomic mass is 16.5. The monoisotopic (exact) mass is 199 g/mol. The molecule has 0 heterocycles. The smallest absolute Gasteiger partial charge is 0.325 e. The van der Waals surface area contributed by atoms with Crippen molar-refractivity contribution >= 4 is 5.97 Å². The van der Waals surface area contributed by atoms with Gasteiger partial charge in [-0.1, -0.05) is 13.8 Å². The molecular formula is C11H21NO2. The zero-order chi connectivity index (χ0) is 10.9. The highest BCUT2D eigenvalue weighted by Crippen LogP contribution is 2.37. The van der Waals surface area contributed by atoms with E-state index in [-0.39, 0.29) is 12.1 Å². The maximum Gasteiger partial charge on any atom is 0.325 e. The summed E-state index contributed by atoms with van der Waals surface area (Å²) < 4.78 is 5.44. The third-order valence-corrected chi connectivity index (χ3v) is 2.51. The second-order valence-electron chi connectivity index (χ2n) is 5.17. The van der Waals surface area contributed by atoms with Crippen molar-refractivity contribution in [2.24, 2.45) is 17.6 Å². The summed E-state index contributed by atoms with van der Waals surface area (Å²) in [6.07, 6.45) is 2.42. The van der Waals surface area contributed by atoms with Crippen LogP contribution in [0.2, 0.25) is 0 Å². The molecule has 1 atom stereocenters. The van der Waals surface area contributed by atoms with Crippen molar-refractivity contribution in [1.82, 2.24) is 0 Å². The minimum atomic E-state index is -0.873. The first-order valence-corrected chi connectivity index (χ1v) is 5.32. The first-order chi connectivity index (χ1) is 6.32. The van der Waals surface area contributed by atoms with Gasteiger partial charge in [-0.05, 0) is 38.5 Å². The zero-order valence-electron chi connectivity index (χ0n) is 9.54. The second kappa shape index (κ2) is 3.89. The molecule has 3 nitrogen and oxygen atoms in total. The van der Waals surface area contributed by atoms with Crippen LogP contribution >= 0.6 is 0 Å². The molecule has 0 aromatic carbocycles. The molecule has 0 amide bonds. The van der Waals surface area contributed by atoms with Crippen molar-refractivity contribution in [1.29, 1.82) is 0 Å². The number of ether oxygens (including phenoxy) is 1. The van der Waals surface area contributed by atoms with Gasteiger partial charge >= 0.3 is 5.97 Å². The summed E-state index contributed by atoms with van der Waals surface area (Å²) in [5.74, 6) is 0.665. The van der Waals surface area contributed by atoms with E-state index in [1.165, 1.54) is 12.8 Å². The maximum atomic E-state index is 11.6. The lowest BCUT2D eigenvalue weighted by molar-refractivity contribution is -0.158. The molecule has 0 spiro atoms. The van der Waals surface area contributed by atoms with E-state index in [1.54, 1.807) is 13.8 Å². The van der Waals surface area contributed by atoms with Crippen LogP contribution in [-0.4, -0.2) is 17.6 Å². The average Bonchev–Trinajstić information content (AvgIpc) is 2.79. The van der Waals surface area contributed by atoms with Crippen LogP contribution in [-0.2, 0) is 9.53 Å². The van der Waals surface area contributed by atoms with Gasteiger partial charge in [0, 0.05) is 0 Å². The topological polar surface area (TPSA) is 52.3 Å². The summed E-state index contributed by atoms with van der Waals surface area (Å²) in [6.45, 7) is 7.53. The predicted octanol–water partition coefficient (Wildman–Crippen LogP) is 1.70. The molecule has 0 aromatic rings. The Labute approximate surface area is 86.0 Å². The summed E-state index contributed by atoms with van der Waals surface area (Å²) in [5.41, 5.74) is 4.80. The SMILES string of the molecule is CC(C)C(OC(=O)C(C)(C)N)C1CC1. The lowest BCUT2D eigenvalue weighted by atomic mass is 10.0. The molecule has 1 aliphatic carbocycles. The molecule has 2 N–H and O–H groups in total. The Hall–Kier alpha value is -0.570. The lowest BCUT2D eigenvalue weighted by Gasteiger charge is -2.25. The van der Waals surface area contributed by atoms with Crippen molar-refractivity contribution in [3.05, 3.63) is 0 Å². The minimum Gasteiger partial charge on any atom is -0.460 e. The fraction of sp³-hybridized carbons (Fsp3) is 0.909. The summed E-state index contributed by atoms with van der Waals surface area (Å²) in [5, 5.41) is 0. The number of carbonyl (C=O) groups is 1. The van der Waals surface area contributed by atoms with Gasteiger partial charge in [0.05, 0.1) is 0 Å². The molecule has 0 aliphatic heterocycles. The van der Waals surface area contributed by atoms with Crippen LogP contribution in [0.5, 0.6) is 0 Å². The van der Waals surface area contributed by atoms with Gasteiger partial charge in [0.15, 0.2) is 0 Å². The predicted molar refractivity (Wildman–Crippen MR) is 55.7 cm³/mol. The molecule has 0 bridgehead atoms. The Kier molecular flexibility index (Phi) is 3.20. The van der Waals surface area contributed by atoms with Gasteiger partial charge in [0.25, 0.3) is 0 Å². The van der Waals surface area contributed by atoms with E-state index in [9.17, 15) is 4.79 Å². The van der Waals surface area contributed by atoms with Crippen molar-refractivity contribution in [2.45, 2.75) is 52.2 Å². The molecule has 0 aromatic heterocycles. The summed E-state index contributed by atoms with van der Waals surface area (Å²) in [6, 6.07) is 0. The lowest BCUT2D eigenvalue weighted by Crippen LogP contribution is -2.45. The fourth-order valence-corrected chi connectivity index (χ4v) is 1.48. The van der Waals surface area contributed by atoms with Gasteiger partial charge in [-0.2, -0.15) is 0 Å². The first kappa shape index (κ1) is 11.5. The Morgan fingerprint density at radius 3 is 2.21 bits per heavy atom. The average molecular weight is 199 g/mol. The molecule has 3 heteroatoms. The van der Waals surface area contributed by atoms with Crippen LogP contribution in [0.4, 0.5) is 0 Å². The van der Waals surface area contributed by atoms with Gasteiger partial charge in [0.1, 0.15) is 11.6 Å². The number of hydrogen-bond acceptors (Lipinski definition) is 3. The highest BCUT2D eigenvalue weighted by Gasteiger charge is 2.38. The first-order valence-electron chi connectivity index (χ1n) is 5.32. The van der Waals surface area contributed by atoms with Gasteiger partial charge in [-0.3, -0.25) is 4.79 Å². The molecule has 1 aliphatic rings. The Balaban J connectivity index is 2.51. The molecule has 1 unspecified atom stereocenters. The molecule has 0 radical (unpaired) electrons. The fourth-order valence-electron chi connectivity index (χ4n) is 1.48. The normalized spacial score (nSPS) is 19.6. The summed E-state index contributed by atoms with van der Waals surface area (Å²) in [7, 11) is 0. The van der Waals surface area contributed by atoms with E-state index in [1.807, 2.05) is 0 Å². The van der Waals surface area contributed by atoms with E-state index in [0.717, 1.165) is 0 Å². The van der Waals surface area contributed by atoms with Crippen molar-refractivity contribution in [3.8, 4) is 0 Å². The molecule has 14 heavy (non-hydrogen) atoms. The minimum absolute atomic E-state index is 0.0605. The molecule has 82 valence electrons. The number of hydrogen-bond donors (Lipinski definition) is 1. The number of nitrogens with two attached hydrogens (primary N) is 1. The van der Waals surface area contributed by atoms with Crippen molar-refractivity contribution in [2.75, 3.05) is 0 Å². The standard InChI is InChI=1S/C11H21NO2/c1-7(2)9(8-5-6-8)14-10(13)11(3,4)12/h7-9H,5-6,12H2,1-4H3. The van der Waals surface area contributed by atoms with Crippen LogP contribution in [0.3, 0.4) is 0 Å². The van der Waals surface area contributed by atoms with Crippen molar-refractivity contribution in [3.63, 3.8) is 0 Å². The number of carbonyl (C=O) groups excluding carboxylic acids is 1. The van der Waals surface area contributed by atoms with Crippen LogP contribution in [0.15, 0.2) is 0 Å². The van der Waals surface area contributed by atoms with E-state index in [4.69, 9.17) is 10.5 Å². The van der Waals surface area contributed by atoms with Crippen LogP contribution in [0, 0.1) is 11.8 Å². The highest BCUT2D eigenvalue weighted by molar-refractivity contribution is 5.79. The largest absolute Gasteiger partial charge is 0.460 e. The Morgan fingerprint density at radius 2 is 1.93 bits per heavy atom. The van der Waals surface area contributed by atoms with Crippen LogP contribution < -0.4 is 5.73 Å². The van der Waals surface area contributed by atoms with Crippen LogP contribution in [0.25, 0.3) is 0 Å². The summed E-state index contributed by atoms with van der Waals surface area (Å²) >= 11 is 0. The quantitative estimate of drug-likeness (QED) is 0.701. The molecular weight excluding hydrogens is 178 g/mol. The van der Waals surface area contributed by atoms with Gasteiger partial charge in [0.2, 0.25) is 0 Å². The Bertz CT molecular complexity index is 212. The molecule has 1 saturated carbocycles. The number of esters is 1. The van der Waals surface area contributed by atoms with E-state index >= 15 is 0 Å². The van der Waals surface area contributed by atoms with Gasteiger partial charge in [-0.15, -0.1) is 0 Å². The third-order valence-electron chi connectivity index (χ3n) is 2.51. The molecule has 1 rings (SSSR count). The Morgan fingerprint density at radius 1 is 1.43 bits per heavy atom. The zero-order valence-corrected chi connectivity index (χ0v) is 9.54.